The summed E-state index contributed by atoms with van der Waals surface area (Å²) < 4.78 is 38.2. The molecule has 0 saturated carbocycles. The standard InChI is InChI=1S/C24H25ClN2O5S/c1-31-20-10-8-18(9-11-20)15-26-24(28)17-27(16-19-6-4-3-5-7-19)33(29,30)21-12-13-23(32-2)22(25)14-21/h3-14H,15-17H2,1-2H3,(H,26,28). The number of ether oxygens (including phenoxy) is 2. The molecule has 0 aliphatic heterocycles. The fourth-order valence-electron chi connectivity index (χ4n) is 3.13. The highest BCUT2D eigenvalue weighted by atomic mass is 35.5. The first-order valence-electron chi connectivity index (χ1n) is 10.1. The number of carbonyl (C=O) groups is 1. The molecule has 0 aliphatic rings. The van der Waals surface area contributed by atoms with Gasteiger partial charge in [0.2, 0.25) is 15.9 Å². The number of nitrogens with one attached hydrogen (secondary N) is 1. The van der Waals surface area contributed by atoms with Gasteiger partial charge in [-0.1, -0.05) is 54.1 Å². The van der Waals surface area contributed by atoms with Crippen LogP contribution in [0.25, 0.3) is 0 Å². The number of sulfonamides is 1. The Morgan fingerprint density at radius 1 is 0.939 bits per heavy atom. The fourth-order valence-corrected chi connectivity index (χ4v) is 4.86. The summed E-state index contributed by atoms with van der Waals surface area (Å²) in [5.41, 5.74) is 1.62. The molecule has 3 aromatic carbocycles. The maximum atomic E-state index is 13.4. The Hall–Kier alpha value is -3.07. The van der Waals surface area contributed by atoms with Crippen molar-refractivity contribution in [3.8, 4) is 11.5 Å². The Kier molecular flexibility index (Phi) is 8.32. The maximum Gasteiger partial charge on any atom is 0.243 e. The zero-order valence-corrected chi connectivity index (χ0v) is 19.9. The van der Waals surface area contributed by atoms with Gasteiger partial charge in [0.05, 0.1) is 30.7 Å². The van der Waals surface area contributed by atoms with Crippen LogP contribution in [0.15, 0.2) is 77.7 Å². The topological polar surface area (TPSA) is 84.9 Å². The largest absolute Gasteiger partial charge is 0.497 e. The highest BCUT2D eigenvalue weighted by Gasteiger charge is 2.27. The highest BCUT2D eigenvalue weighted by Crippen LogP contribution is 2.29. The van der Waals surface area contributed by atoms with Crippen LogP contribution in [-0.2, 0) is 27.9 Å². The Morgan fingerprint density at radius 3 is 2.24 bits per heavy atom. The molecule has 0 heterocycles. The first-order chi connectivity index (χ1) is 15.8. The van der Waals surface area contributed by atoms with Gasteiger partial charge in [0, 0.05) is 13.1 Å². The third kappa shape index (κ3) is 6.47. The minimum atomic E-state index is -4.02. The lowest BCUT2D eigenvalue weighted by Crippen LogP contribution is -2.40. The quantitative estimate of drug-likeness (QED) is 0.468. The second kappa shape index (κ2) is 11.2. The van der Waals surface area contributed by atoms with Crippen LogP contribution >= 0.6 is 11.6 Å². The van der Waals surface area contributed by atoms with E-state index in [-0.39, 0.29) is 29.6 Å². The summed E-state index contributed by atoms with van der Waals surface area (Å²) >= 11 is 6.15. The Bertz CT molecular complexity index is 1190. The number of hydrogen-bond donors (Lipinski definition) is 1. The molecule has 1 amide bonds. The predicted octanol–water partition coefficient (Wildman–Crippen LogP) is 3.86. The van der Waals surface area contributed by atoms with Gasteiger partial charge >= 0.3 is 0 Å². The molecule has 0 radical (unpaired) electrons. The number of carbonyl (C=O) groups excluding carboxylic acids is 1. The molecule has 0 bridgehead atoms. The molecule has 0 aromatic heterocycles. The van der Waals surface area contributed by atoms with Crippen molar-refractivity contribution in [2.75, 3.05) is 20.8 Å². The van der Waals surface area contributed by atoms with Crippen molar-refractivity contribution in [1.82, 2.24) is 9.62 Å². The van der Waals surface area contributed by atoms with Crippen LogP contribution in [0, 0.1) is 0 Å². The Balaban J connectivity index is 1.79. The van der Waals surface area contributed by atoms with Gasteiger partial charge in [0.1, 0.15) is 11.5 Å². The van der Waals surface area contributed by atoms with Gasteiger partial charge < -0.3 is 14.8 Å². The zero-order valence-electron chi connectivity index (χ0n) is 18.3. The van der Waals surface area contributed by atoms with Crippen molar-refractivity contribution in [3.05, 3.63) is 88.9 Å². The summed E-state index contributed by atoms with van der Waals surface area (Å²) in [6.07, 6.45) is 0. The van der Waals surface area contributed by atoms with E-state index in [1.54, 1.807) is 31.4 Å². The van der Waals surface area contributed by atoms with Crippen LogP contribution in [0.4, 0.5) is 0 Å². The number of amides is 1. The minimum absolute atomic E-state index is 0.0211. The minimum Gasteiger partial charge on any atom is -0.497 e. The third-order valence-electron chi connectivity index (χ3n) is 4.93. The molecule has 0 unspecified atom stereocenters. The molecule has 0 saturated heterocycles. The monoisotopic (exact) mass is 488 g/mol. The van der Waals surface area contributed by atoms with Gasteiger partial charge in [-0.2, -0.15) is 4.31 Å². The first-order valence-corrected chi connectivity index (χ1v) is 11.9. The second-order valence-electron chi connectivity index (χ2n) is 7.18. The maximum absolute atomic E-state index is 13.4. The summed E-state index contributed by atoms with van der Waals surface area (Å²) in [5, 5.41) is 2.94. The van der Waals surface area contributed by atoms with E-state index in [1.165, 1.54) is 25.3 Å². The summed E-state index contributed by atoms with van der Waals surface area (Å²) in [4.78, 5) is 12.7. The molecule has 0 atom stereocenters. The van der Waals surface area contributed by atoms with Crippen LogP contribution in [0.2, 0.25) is 5.02 Å². The zero-order chi connectivity index (χ0) is 23.8. The predicted molar refractivity (Wildman–Crippen MR) is 127 cm³/mol. The van der Waals surface area contributed by atoms with Crippen molar-refractivity contribution in [3.63, 3.8) is 0 Å². The number of rotatable bonds is 10. The van der Waals surface area contributed by atoms with Crippen molar-refractivity contribution in [1.29, 1.82) is 0 Å². The van der Waals surface area contributed by atoms with Crippen LogP contribution < -0.4 is 14.8 Å². The molecule has 1 N–H and O–H groups in total. The van der Waals surface area contributed by atoms with E-state index in [0.717, 1.165) is 15.4 Å². The van der Waals surface area contributed by atoms with Gasteiger partial charge in [-0.15, -0.1) is 0 Å². The lowest BCUT2D eigenvalue weighted by Gasteiger charge is -2.22. The molecular weight excluding hydrogens is 464 g/mol. The van der Waals surface area contributed by atoms with Crippen molar-refractivity contribution < 1.29 is 22.7 Å². The van der Waals surface area contributed by atoms with E-state index in [4.69, 9.17) is 21.1 Å². The lowest BCUT2D eigenvalue weighted by atomic mass is 10.2. The molecule has 0 fully saturated rings. The van der Waals surface area contributed by atoms with Crippen molar-refractivity contribution in [2.45, 2.75) is 18.0 Å². The molecule has 7 nitrogen and oxygen atoms in total. The molecule has 3 rings (SSSR count). The van der Waals surface area contributed by atoms with Crippen molar-refractivity contribution >= 4 is 27.5 Å². The van der Waals surface area contributed by atoms with E-state index >= 15 is 0 Å². The van der Waals surface area contributed by atoms with Gasteiger partial charge in [-0.25, -0.2) is 8.42 Å². The lowest BCUT2D eigenvalue weighted by molar-refractivity contribution is -0.121. The van der Waals surface area contributed by atoms with E-state index < -0.39 is 15.9 Å². The summed E-state index contributed by atoms with van der Waals surface area (Å²) in [5.74, 6) is 0.649. The molecule has 33 heavy (non-hydrogen) atoms. The molecule has 0 spiro atoms. The van der Waals surface area contributed by atoms with E-state index in [9.17, 15) is 13.2 Å². The Morgan fingerprint density at radius 2 is 1.64 bits per heavy atom. The van der Waals surface area contributed by atoms with Crippen molar-refractivity contribution in [2.24, 2.45) is 0 Å². The number of nitrogens with zero attached hydrogens (tertiary/aromatic N) is 1. The van der Waals surface area contributed by atoms with Gasteiger partial charge in [0.25, 0.3) is 0 Å². The van der Waals surface area contributed by atoms with E-state index in [2.05, 4.69) is 5.32 Å². The average molecular weight is 489 g/mol. The van der Waals surface area contributed by atoms with Crippen LogP contribution in [0.5, 0.6) is 11.5 Å². The normalized spacial score (nSPS) is 11.3. The molecule has 174 valence electrons. The number of methoxy groups -OCH3 is 2. The van der Waals surface area contributed by atoms with E-state index in [0.29, 0.717) is 11.5 Å². The van der Waals surface area contributed by atoms with Crippen LogP contribution in [0.3, 0.4) is 0 Å². The average Bonchev–Trinajstić information content (AvgIpc) is 2.83. The van der Waals surface area contributed by atoms with Crippen LogP contribution in [0.1, 0.15) is 11.1 Å². The highest BCUT2D eigenvalue weighted by molar-refractivity contribution is 7.89. The molecule has 9 heteroatoms. The molecule has 0 aliphatic carbocycles. The fraction of sp³-hybridized carbons (Fsp3) is 0.208. The van der Waals surface area contributed by atoms with Gasteiger partial charge in [-0.3, -0.25) is 4.79 Å². The number of hydrogen-bond acceptors (Lipinski definition) is 5. The van der Waals surface area contributed by atoms with Gasteiger partial charge in [0.15, 0.2) is 0 Å². The third-order valence-corrected chi connectivity index (χ3v) is 7.01. The van der Waals surface area contributed by atoms with Crippen LogP contribution in [-0.4, -0.2) is 39.4 Å². The Labute approximate surface area is 198 Å². The second-order valence-corrected chi connectivity index (χ2v) is 9.52. The smallest absolute Gasteiger partial charge is 0.243 e. The summed E-state index contributed by atoms with van der Waals surface area (Å²) in [6, 6.07) is 20.5. The summed E-state index contributed by atoms with van der Waals surface area (Å²) in [7, 11) is -0.991. The molecule has 3 aromatic rings. The molecular formula is C24H25ClN2O5S. The van der Waals surface area contributed by atoms with Gasteiger partial charge in [-0.05, 0) is 41.5 Å². The summed E-state index contributed by atoms with van der Waals surface area (Å²) in [6.45, 7) is -0.0593. The SMILES string of the molecule is COc1ccc(CNC(=O)CN(Cc2ccccc2)S(=O)(=O)c2ccc(OC)c(Cl)c2)cc1. The number of benzene rings is 3. The number of halogens is 1. The van der Waals surface area contributed by atoms with E-state index in [1.807, 2.05) is 30.3 Å². The first kappa shape index (κ1) is 24.6.